The topological polar surface area (TPSA) is 81.3 Å². The van der Waals surface area contributed by atoms with Gasteiger partial charge in [0.2, 0.25) is 0 Å². The molecule has 178 valence electrons. The Kier molecular flexibility index (Phi) is 8.16. The molecule has 2 amide bonds. The molecule has 7 nitrogen and oxygen atoms in total. The first-order valence-corrected chi connectivity index (χ1v) is 13.6. The largest absolute Gasteiger partial charge is 0.338 e. The lowest BCUT2D eigenvalue weighted by molar-refractivity contribution is 0.132. The Hall–Kier alpha value is -2.23. The van der Waals surface area contributed by atoms with Gasteiger partial charge in [0.25, 0.3) is 5.56 Å². The van der Waals surface area contributed by atoms with Crippen molar-refractivity contribution in [2.75, 3.05) is 32.7 Å². The molecule has 0 aliphatic carbocycles. The Bertz CT molecular complexity index is 1100. The number of piperazine rings is 1. The summed E-state index contributed by atoms with van der Waals surface area (Å²) in [6, 6.07) is 4.06. The van der Waals surface area contributed by atoms with E-state index in [2.05, 4.69) is 29.0 Å². The lowest BCUT2D eigenvalue weighted by Crippen LogP contribution is -2.52. The molecule has 4 heterocycles. The van der Waals surface area contributed by atoms with E-state index in [-0.39, 0.29) is 11.6 Å². The summed E-state index contributed by atoms with van der Waals surface area (Å²) in [6.07, 6.45) is 4.69. The molecular weight excluding hydrogens is 454 g/mol. The first-order chi connectivity index (χ1) is 16.1. The SMILES string of the molecule is CCCC[C@@H](CC)CNC(=O)N1CCN(Cc2nc3scc(-c4cccs4)c3c(=O)[nH]2)CC1. The number of aromatic nitrogens is 2. The number of rotatable bonds is 9. The van der Waals surface area contributed by atoms with Crippen LogP contribution in [0.2, 0.25) is 0 Å². The van der Waals surface area contributed by atoms with Crippen LogP contribution in [0.1, 0.15) is 45.4 Å². The van der Waals surface area contributed by atoms with Crippen LogP contribution < -0.4 is 10.9 Å². The summed E-state index contributed by atoms with van der Waals surface area (Å²) in [5.74, 6) is 1.25. The molecule has 4 rings (SSSR count). The maximum Gasteiger partial charge on any atom is 0.317 e. The maximum atomic E-state index is 12.8. The number of thiophene rings is 2. The van der Waals surface area contributed by atoms with Crippen molar-refractivity contribution in [1.29, 1.82) is 0 Å². The van der Waals surface area contributed by atoms with Crippen LogP contribution in [0.4, 0.5) is 4.79 Å². The Morgan fingerprint density at radius 3 is 2.76 bits per heavy atom. The highest BCUT2D eigenvalue weighted by Gasteiger charge is 2.22. The molecule has 0 bridgehead atoms. The van der Waals surface area contributed by atoms with Crippen molar-refractivity contribution in [3.05, 3.63) is 39.1 Å². The minimum absolute atomic E-state index is 0.0391. The van der Waals surface area contributed by atoms with E-state index in [9.17, 15) is 9.59 Å². The van der Waals surface area contributed by atoms with Crippen LogP contribution in [-0.2, 0) is 6.54 Å². The molecule has 1 aliphatic heterocycles. The number of carbonyl (C=O) groups is 1. The number of hydrogen-bond acceptors (Lipinski definition) is 6. The van der Waals surface area contributed by atoms with Gasteiger partial charge in [-0.15, -0.1) is 22.7 Å². The smallest absolute Gasteiger partial charge is 0.317 e. The summed E-state index contributed by atoms with van der Waals surface area (Å²) in [6.45, 7) is 8.66. The monoisotopic (exact) mass is 487 g/mol. The third-order valence-corrected chi connectivity index (χ3v) is 8.17. The summed E-state index contributed by atoms with van der Waals surface area (Å²) in [4.78, 5) is 39.1. The number of nitrogens with zero attached hydrogens (tertiary/aromatic N) is 3. The number of fused-ring (bicyclic) bond motifs is 1. The molecule has 9 heteroatoms. The Labute approximate surface area is 202 Å². The first kappa shape index (κ1) is 23.9. The van der Waals surface area contributed by atoms with Gasteiger partial charge in [-0.2, -0.15) is 0 Å². The number of amides is 2. The van der Waals surface area contributed by atoms with E-state index in [1.165, 1.54) is 30.6 Å². The molecule has 33 heavy (non-hydrogen) atoms. The zero-order valence-corrected chi connectivity index (χ0v) is 21.1. The summed E-state index contributed by atoms with van der Waals surface area (Å²) in [5.41, 5.74) is 0.885. The normalized spacial score (nSPS) is 15.8. The fraction of sp³-hybridized carbons (Fsp3) is 0.542. The number of urea groups is 1. The van der Waals surface area contributed by atoms with Gasteiger partial charge in [-0.1, -0.05) is 39.2 Å². The van der Waals surface area contributed by atoms with Crippen molar-refractivity contribution >= 4 is 38.9 Å². The van der Waals surface area contributed by atoms with E-state index in [1.807, 2.05) is 27.8 Å². The van der Waals surface area contributed by atoms with Crippen LogP contribution in [-0.4, -0.2) is 58.5 Å². The van der Waals surface area contributed by atoms with E-state index in [0.717, 1.165) is 41.3 Å². The van der Waals surface area contributed by atoms with Crippen molar-refractivity contribution in [1.82, 2.24) is 25.1 Å². The van der Waals surface area contributed by atoms with Crippen molar-refractivity contribution in [2.24, 2.45) is 5.92 Å². The molecule has 0 unspecified atom stereocenters. The molecule has 1 atom stereocenters. The van der Waals surface area contributed by atoms with Crippen molar-refractivity contribution < 1.29 is 4.79 Å². The van der Waals surface area contributed by atoms with Gasteiger partial charge in [0.15, 0.2) is 0 Å². The Morgan fingerprint density at radius 1 is 1.24 bits per heavy atom. The van der Waals surface area contributed by atoms with Gasteiger partial charge < -0.3 is 15.2 Å². The molecule has 3 aromatic heterocycles. The molecule has 1 saturated heterocycles. The van der Waals surface area contributed by atoms with E-state index in [4.69, 9.17) is 4.98 Å². The predicted molar refractivity (Wildman–Crippen MR) is 137 cm³/mol. The standard InChI is InChI=1S/C24H33N5O2S2/c1-3-5-7-17(4-2)14-25-24(31)29-11-9-28(10-12-29)15-20-26-22(30)21-18(16-33-23(21)27-20)19-8-6-13-32-19/h6,8,13,16-17H,3-5,7,9-12,14-15H2,1-2H3,(H,25,31)(H,26,27,30)/t17-/m1/s1. The van der Waals surface area contributed by atoms with E-state index >= 15 is 0 Å². The zero-order valence-electron chi connectivity index (χ0n) is 19.4. The van der Waals surface area contributed by atoms with Crippen LogP contribution in [0.3, 0.4) is 0 Å². The first-order valence-electron chi connectivity index (χ1n) is 11.9. The average molecular weight is 488 g/mol. The summed E-state index contributed by atoms with van der Waals surface area (Å²) >= 11 is 3.15. The van der Waals surface area contributed by atoms with Gasteiger partial charge in [-0.3, -0.25) is 9.69 Å². The Morgan fingerprint density at radius 2 is 2.06 bits per heavy atom. The summed E-state index contributed by atoms with van der Waals surface area (Å²) in [5, 5.41) is 7.84. The fourth-order valence-corrected chi connectivity index (χ4v) is 6.07. The van der Waals surface area contributed by atoms with Crippen molar-refractivity contribution in [2.45, 2.75) is 46.1 Å². The van der Waals surface area contributed by atoms with Gasteiger partial charge in [0, 0.05) is 48.5 Å². The Balaban J connectivity index is 1.31. The summed E-state index contributed by atoms with van der Waals surface area (Å²) in [7, 11) is 0. The molecular formula is C24H33N5O2S2. The van der Waals surface area contributed by atoms with Crippen LogP contribution in [0.25, 0.3) is 20.7 Å². The van der Waals surface area contributed by atoms with E-state index < -0.39 is 0 Å². The minimum atomic E-state index is -0.0776. The minimum Gasteiger partial charge on any atom is -0.338 e. The number of carbonyl (C=O) groups excluding carboxylic acids is 1. The van der Waals surface area contributed by atoms with Crippen LogP contribution in [0, 0.1) is 5.92 Å². The van der Waals surface area contributed by atoms with Crippen LogP contribution in [0.5, 0.6) is 0 Å². The lowest BCUT2D eigenvalue weighted by atomic mass is 9.99. The highest BCUT2D eigenvalue weighted by Crippen LogP contribution is 2.33. The number of hydrogen-bond donors (Lipinski definition) is 2. The third kappa shape index (κ3) is 5.83. The van der Waals surface area contributed by atoms with Crippen molar-refractivity contribution in [3.63, 3.8) is 0 Å². The van der Waals surface area contributed by atoms with Gasteiger partial charge in [-0.25, -0.2) is 9.78 Å². The highest BCUT2D eigenvalue weighted by atomic mass is 32.1. The molecule has 0 radical (unpaired) electrons. The van der Waals surface area contributed by atoms with Gasteiger partial charge in [0.1, 0.15) is 10.7 Å². The average Bonchev–Trinajstić information content (AvgIpc) is 3.49. The van der Waals surface area contributed by atoms with E-state index in [0.29, 0.717) is 36.8 Å². The molecule has 0 saturated carbocycles. The molecule has 1 aliphatic rings. The van der Waals surface area contributed by atoms with Gasteiger partial charge in [0.05, 0.1) is 11.9 Å². The number of unbranched alkanes of at least 4 members (excludes halogenated alkanes) is 1. The molecule has 3 aromatic rings. The second-order valence-electron chi connectivity index (χ2n) is 8.69. The molecule has 0 aromatic carbocycles. The third-order valence-electron chi connectivity index (χ3n) is 6.40. The number of H-pyrrole nitrogens is 1. The lowest BCUT2D eigenvalue weighted by Gasteiger charge is -2.34. The highest BCUT2D eigenvalue weighted by molar-refractivity contribution is 7.18. The molecule has 2 N–H and O–H groups in total. The second kappa shape index (κ2) is 11.3. The van der Waals surface area contributed by atoms with Crippen LogP contribution in [0.15, 0.2) is 27.7 Å². The molecule has 1 fully saturated rings. The number of aromatic amines is 1. The van der Waals surface area contributed by atoms with Gasteiger partial charge in [-0.05, 0) is 23.8 Å². The maximum absolute atomic E-state index is 12.8. The van der Waals surface area contributed by atoms with Gasteiger partial charge >= 0.3 is 6.03 Å². The summed E-state index contributed by atoms with van der Waals surface area (Å²) < 4.78 is 0. The van der Waals surface area contributed by atoms with E-state index in [1.54, 1.807) is 11.3 Å². The fourth-order valence-electron chi connectivity index (χ4n) is 4.29. The predicted octanol–water partition coefficient (Wildman–Crippen LogP) is 4.76. The zero-order chi connectivity index (χ0) is 23.2. The number of nitrogens with one attached hydrogen (secondary N) is 2. The van der Waals surface area contributed by atoms with Crippen LogP contribution >= 0.6 is 22.7 Å². The molecule has 0 spiro atoms. The van der Waals surface area contributed by atoms with Crippen molar-refractivity contribution in [3.8, 4) is 10.4 Å². The second-order valence-corrected chi connectivity index (χ2v) is 10.5. The quantitative estimate of drug-likeness (QED) is 0.456.